The highest BCUT2D eigenvalue weighted by atomic mass is 35.5. The van der Waals surface area contributed by atoms with Gasteiger partial charge in [-0.2, -0.15) is 0 Å². The quantitative estimate of drug-likeness (QED) is 0.781. The van der Waals surface area contributed by atoms with Gasteiger partial charge in [-0.15, -0.1) is 0 Å². The first kappa shape index (κ1) is 14.1. The van der Waals surface area contributed by atoms with Gasteiger partial charge in [0.2, 0.25) is 0 Å². The summed E-state index contributed by atoms with van der Waals surface area (Å²) < 4.78 is 2.21. The number of halogens is 1. The average molecular weight is 301 g/mol. The predicted octanol–water partition coefficient (Wildman–Crippen LogP) is 3.66. The zero-order valence-corrected chi connectivity index (χ0v) is 12.4. The molecular formula is C17H17ClN2O. The van der Waals surface area contributed by atoms with E-state index < -0.39 is 0 Å². The normalized spacial score (nSPS) is 11.1. The molecule has 3 aromatic rings. The number of aryl methyl sites for hydroxylation is 1. The van der Waals surface area contributed by atoms with Gasteiger partial charge in [0.1, 0.15) is 5.82 Å². The van der Waals surface area contributed by atoms with Gasteiger partial charge >= 0.3 is 0 Å². The van der Waals surface area contributed by atoms with Crippen molar-refractivity contribution in [3.8, 4) is 0 Å². The molecule has 0 bridgehead atoms. The summed E-state index contributed by atoms with van der Waals surface area (Å²) in [6.07, 6.45) is 1.49. The lowest BCUT2D eigenvalue weighted by molar-refractivity contribution is 0.287. The Morgan fingerprint density at radius 2 is 1.95 bits per heavy atom. The highest BCUT2D eigenvalue weighted by molar-refractivity contribution is 6.30. The van der Waals surface area contributed by atoms with E-state index in [9.17, 15) is 0 Å². The molecule has 3 rings (SSSR count). The molecule has 3 nitrogen and oxygen atoms in total. The molecule has 1 N–H and O–H groups in total. The average Bonchev–Trinajstić information content (AvgIpc) is 2.83. The van der Waals surface area contributed by atoms with Crippen LogP contribution in [0, 0.1) is 0 Å². The molecule has 0 saturated heterocycles. The van der Waals surface area contributed by atoms with E-state index in [2.05, 4.69) is 21.7 Å². The van der Waals surface area contributed by atoms with Gasteiger partial charge in [0.25, 0.3) is 0 Å². The number of nitrogens with zero attached hydrogens (tertiary/aromatic N) is 2. The monoisotopic (exact) mass is 300 g/mol. The van der Waals surface area contributed by atoms with E-state index in [-0.39, 0.29) is 6.61 Å². The van der Waals surface area contributed by atoms with E-state index >= 15 is 0 Å². The van der Waals surface area contributed by atoms with Crippen LogP contribution in [-0.2, 0) is 13.0 Å². The lowest BCUT2D eigenvalue weighted by Gasteiger charge is -2.09. The number of hydrogen-bond acceptors (Lipinski definition) is 2. The molecule has 0 atom stereocenters. The number of benzene rings is 2. The third-order valence-electron chi connectivity index (χ3n) is 3.52. The predicted molar refractivity (Wildman–Crippen MR) is 85.7 cm³/mol. The smallest absolute Gasteiger partial charge is 0.110 e. The van der Waals surface area contributed by atoms with Crippen molar-refractivity contribution in [2.75, 3.05) is 6.61 Å². The lowest BCUT2D eigenvalue weighted by atomic mass is 10.2. The third-order valence-corrected chi connectivity index (χ3v) is 3.76. The molecule has 2 aromatic carbocycles. The lowest BCUT2D eigenvalue weighted by Crippen LogP contribution is -2.06. The molecule has 0 amide bonds. The van der Waals surface area contributed by atoms with Crippen molar-refractivity contribution in [3.63, 3.8) is 0 Å². The van der Waals surface area contributed by atoms with E-state index in [0.29, 0.717) is 0 Å². The van der Waals surface area contributed by atoms with Crippen molar-refractivity contribution in [1.82, 2.24) is 9.55 Å². The minimum atomic E-state index is 0.181. The summed E-state index contributed by atoms with van der Waals surface area (Å²) in [6, 6.07) is 16.0. The van der Waals surface area contributed by atoms with Crippen LogP contribution in [0.15, 0.2) is 48.5 Å². The molecule has 0 spiro atoms. The Balaban J connectivity index is 2.02. The fourth-order valence-electron chi connectivity index (χ4n) is 2.55. The number of fused-ring (bicyclic) bond motifs is 1. The van der Waals surface area contributed by atoms with Crippen molar-refractivity contribution in [2.45, 2.75) is 19.4 Å². The Hall–Kier alpha value is -1.84. The van der Waals surface area contributed by atoms with Crippen LogP contribution in [0.1, 0.15) is 17.8 Å². The van der Waals surface area contributed by atoms with E-state index in [0.717, 1.165) is 46.8 Å². The van der Waals surface area contributed by atoms with Crippen LogP contribution in [0.2, 0.25) is 5.02 Å². The molecule has 0 fully saturated rings. The van der Waals surface area contributed by atoms with Crippen molar-refractivity contribution >= 4 is 22.6 Å². The van der Waals surface area contributed by atoms with E-state index in [4.69, 9.17) is 16.7 Å². The molecule has 1 heterocycles. The second-order valence-electron chi connectivity index (χ2n) is 5.06. The third kappa shape index (κ3) is 3.09. The Bertz CT molecular complexity index is 751. The molecule has 0 aliphatic heterocycles. The van der Waals surface area contributed by atoms with Gasteiger partial charge in [-0.25, -0.2) is 4.98 Å². The number of aliphatic hydroxyl groups excluding tert-OH is 1. The fraction of sp³-hybridized carbons (Fsp3) is 0.235. The second kappa shape index (κ2) is 6.29. The zero-order chi connectivity index (χ0) is 14.7. The van der Waals surface area contributed by atoms with Crippen molar-refractivity contribution in [1.29, 1.82) is 0 Å². The topological polar surface area (TPSA) is 38.1 Å². The Kier molecular flexibility index (Phi) is 4.23. The van der Waals surface area contributed by atoms with Crippen LogP contribution in [0.3, 0.4) is 0 Å². The number of aromatic nitrogens is 2. The summed E-state index contributed by atoms with van der Waals surface area (Å²) in [5.41, 5.74) is 3.26. The SMILES string of the molecule is OCCCc1nc2ccccc2n1Cc1cccc(Cl)c1. The maximum absolute atomic E-state index is 9.06. The Morgan fingerprint density at radius 1 is 1.10 bits per heavy atom. The zero-order valence-electron chi connectivity index (χ0n) is 11.7. The number of hydrogen-bond donors (Lipinski definition) is 1. The summed E-state index contributed by atoms with van der Waals surface area (Å²) in [5.74, 6) is 1.00. The van der Waals surface area contributed by atoms with E-state index in [1.807, 2.05) is 36.4 Å². The first-order valence-electron chi connectivity index (χ1n) is 7.07. The van der Waals surface area contributed by atoms with Gasteiger partial charge in [-0.1, -0.05) is 35.9 Å². The number of aliphatic hydroxyl groups is 1. The number of para-hydroxylation sites is 2. The van der Waals surface area contributed by atoms with Gasteiger partial charge in [0, 0.05) is 24.6 Å². The van der Waals surface area contributed by atoms with Crippen LogP contribution in [0.5, 0.6) is 0 Å². The van der Waals surface area contributed by atoms with Crippen LogP contribution < -0.4 is 0 Å². The maximum Gasteiger partial charge on any atom is 0.110 e. The van der Waals surface area contributed by atoms with Crippen molar-refractivity contribution in [3.05, 3.63) is 64.9 Å². The van der Waals surface area contributed by atoms with Crippen LogP contribution in [0.4, 0.5) is 0 Å². The van der Waals surface area contributed by atoms with Gasteiger partial charge in [-0.05, 0) is 36.2 Å². The first-order valence-corrected chi connectivity index (χ1v) is 7.45. The van der Waals surface area contributed by atoms with Crippen molar-refractivity contribution < 1.29 is 5.11 Å². The van der Waals surface area contributed by atoms with Crippen LogP contribution in [-0.4, -0.2) is 21.3 Å². The highest BCUT2D eigenvalue weighted by Crippen LogP contribution is 2.20. The fourth-order valence-corrected chi connectivity index (χ4v) is 2.76. The van der Waals surface area contributed by atoms with Gasteiger partial charge in [-0.3, -0.25) is 0 Å². The second-order valence-corrected chi connectivity index (χ2v) is 5.50. The minimum absolute atomic E-state index is 0.181. The number of rotatable bonds is 5. The summed E-state index contributed by atoms with van der Waals surface area (Å²) in [7, 11) is 0. The molecule has 21 heavy (non-hydrogen) atoms. The summed E-state index contributed by atoms with van der Waals surface area (Å²) in [6.45, 7) is 0.919. The molecule has 4 heteroatoms. The molecule has 0 aliphatic carbocycles. The number of imidazole rings is 1. The van der Waals surface area contributed by atoms with Gasteiger partial charge in [0.15, 0.2) is 0 Å². The summed E-state index contributed by atoms with van der Waals surface area (Å²) >= 11 is 6.07. The van der Waals surface area contributed by atoms with Crippen LogP contribution in [0.25, 0.3) is 11.0 Å². The van der Waals surface area contributed by atoms with E-state index in [1.165, 1.54) is 0 Å². The molecular weight excluding hydrogens is 284 g/mol. The standard InChI is InChI=1S/C17H17ClN2O/c18-14-6-3-5-13(11-14)12-20-16-8-2-1-7-15(16)19-17(20)9-4-10-21/h1-3,5-8,11,21H,4,9-10,12H2. The summed E-state index contributed by atoms with van der Waals surface area (Å²) in [5, 5.41) is 9.81. The largest absolute Gasteiger partial charge is 0.396 e. The van der Waals surface area contributed by atoms with Gasteiger partial charge < -0.3 is 9.67 Å². The van der Waals surface area contributed by atoms with E-state index in [1.54, 1.807) is 0 Å². The molecule has 0 saturated carbocycles. The Morgan fingerprint density at radius 3 is 2.76 bits per heavy atom. The first-order chi connectivity index (χ1) is 10.3. The Labute approximate surface area is 128 Å². The summed E-state index contributed by atoms with van der Waals surface area (Å²) in [4.78, 5) is 4.69. The molecule has 108 valence electrons. The van der Waals surface area contributed by atoms with Crippen molar-refractivity contribution in [2.24, 2.45) is 0 Å². The van der Waals surface area contributed by atoms with Crippen LogP contribution >= 0.6 is 11.6 Å². The minimum Gasteiger partial charge on any atom is -0.396 e. The molecule has 0 aliphatic rings. The molecule has 0 radical (unpaired) electrons. The molecule has 1 aromatic heterocycles. The maximum atomic E-state index is 9.06. The van der Waals surface area contributed by atoms with Gasteiger partial charge in [0.05, 0.1) is 11.0 Å². The molecule has 0 unspecified atom stereocenters. The highest BCUT2D eigenvalue weighted by Gasteiger charge is 2.10.